The summed E-state index contributed by atoms with van der Waals surface area (Å²) in [5.74, 6) is 0. The lowest BCUT2D eigenvalue weighted by Crippen LogP contribution is -2.47. The minimum Gasteiger partial charge on any atom is -0.445 e. The van der Waals surface area contributed by atoms with Crippen LogP contribution in [-0.4, -0.2) is 24.7 Å². The second-order valence-electron chi connectivity index (χ2n) is 4.67. The molecular weight excluding hydrogens is 216 g/mol. The van der Waals surface area contributed by atoms with Gasteiger partial charge in [-0.25, -0.2) is 4.79 Å². The summed E-state index contributed by atoms with van der Waals surface area (Å²) < 4.78 is 5.18. The maximum atomic E-state index is 11.6. The van der Waals surface area contributed by atoms with Crippen molar-refractivity contribution in [1.29, 1.82) is 0 Å². The zero-order valence-corrected chi connectivity index (χ0v) is 10.0. The molecule has 17 heavy (non-hydrogen) atoms. The minimum atomic E-state index is -0.347. The van der Waals surface area contributed by atoms with E-state index in [0.717, 1.165) is 25.1 Å². The highest BCUT2D eigenvalue weighted by Crippen LogP contribution is 2.13. The molecule has 1 atom stereocenters. The number of nitrogens with one attached hydrogen (secondary N) is 2. The van der Waals surface area contributed by atoms with Gasteiger partial charge < -0.3 is 15.4 Å². The summed E-state index contributed by atoms with van der Waals surface area (Å²) in [7, 11) is 0. The first kappa shape index (κ1) is 11.9. The van der Waals surface area contributed by atoms with E-state index >= 15 is 0 Å². The number of carbonyl (C=O) groups excluding carboxylic acids is 1. The molecule has 2 N–H and O–H groups in total. The SMILES string of the molecule is C[C@]1(NC(=O)OCc2ccccc2)CCNC1. The van der Waals surface area contributed by atoms with Crippen molar-refractivity contribution in [2.24, 2.45) is 0 Å². The van der Waals surface area contributed by atoms with Crippen LogP contribution in [0.1, 0.15) is 18.9 Å². The van der Waals surface area contributed by atoms with E-state index in [1.165, 1.54) is 0 Å². The number of benzene rings is 1. The topological polar surface area (TPSA) is 50.4 Å². The highest BCUT2D eigenvalue weighted by Gasteiger charge is 2.30. The van der Waals surface area contributed by atoms with Gasteiger partial charge in [0.2, 0.25) is 0 Å². The van der Waals surface area contributed by atoms with Crippen molar-refractivity contribution in [2.45, 2.75) is 25.5 Å². The molecule has 4 nitrogen and oxygen atoms in total. The highest BCUT2D eigenvalue weighted by molar-refractivity contribution is 5.68. The molecule has 0 unspecified atom stereocenters. The third kappa shape index (κ3) is 3.46. The van der Waals surface area contributed by atoms with E-state index in [2.05, 4.69) is 10.6 Å². The average molecular weight is 234 g/mol. The molecule has 0 bridgehead atoms. The second kappa shape index (κ2) is 5.19. The van der Waals surface area contributed by atoms with Crippen LogP contribution in [0.5, 0.6) is 0 Å². The normalized spacial score (nSPS) is 23.4. The van der Waals surface area contributed by atoms with Crippen molar-refractivity contribution in [1.82, 2.24) is 10.6 Å². The van der Waals surface area contributed by atoms with Gasteiger partial charge in [0.25, 0.3) is 0 Å². The van der Waals surface area contributed by atoms with Crippen LogP contribution in [0.2, 0.25) is 0 Å². The predicted molar refractivity (Wildman–Crippen MR) is 65.7 cm³/mol. The van der Waals surface area contributed by atoms with Crippen molar-refractivity contribution >= 4 is 6.09 Å². The molecule has 1 fully saturated rings. The van der Waals surface area contributed by atoms with Crippen molar-refractivity contribution in [2.75, 3.05) is 13.1 Å². The van der Waals surface area contributed by atoms with Crippen LogP contribution < -0.4 is 10.6 Å². The third-order valence-electron chi connectivity index (χ3n) is 2.99. The first-order valence-corrected chi connectivity index (χ1v) is 5.88. The molecule has 1 amide bonds. The fourth-order valence-corrected chi connectivity index (χ4v) is 1.93. The summed E-state index contributed by atoms with van der Waals surface area (Å²) in [5, 5.41) is 6.12. The highest BCUT2D eigenvalue weighted by atomic mass is 16.5. The summed E-state index contributed by atoms with van der Waals surface area (Å²) >= 11 is 0. The number of amides is 1. The molecule has 1 aromatic carbocycles. The van der Waals surface area contributed by atoms with Crippen molar-refractivity contribution in [3.63, 3.8) is 0 Å². The van der Waals surface area contributed by atoms with E-state index in [9.17, 15) is 4.79 Å². The molecule has 0 aliphatic carbocycles. The number of alkyl carbamates (subject to hydrolysis) is 1. The van der Waals surface area contributed by atoms with Gasteiger partial charge in [-0.15, -0.1) is 0 Å². The number of hydrogen-bond acceptors (Lipinski definition) is 3. The molecule has 4 heteroatoms. The standard InChI is InChI=1S/C13H18N2O2/c1-13(7-8-14-10-13)15-12(16)17-9-11-5-3-2-4-6-11/h2-6,14H,7-10H2,1H3,(H,15,16)/t13-/m0/s1. The molecule has 0 aromatic heterocycles. The van der Waals surface area contributed by atoms with Crippen molar-refractivity contribution in [3.05, 3.63) is 35.9 Å². The van der Waals surface area contributed by atoms with Crippen LogP contribution in [0.3, 0.4) is 0 Å². The lowest BCUT2D eigenvalue weighted by atomic mass is 10.0. The number of carbonyl (C=O) groups is 1. The predicted octanol–water partition coefficient (Wildman–Crippen LogP) is 1.66. The second-order valence-corrected chi connectivity index (χ2v) is 4.67. The van der Waals surface area contributed by atoms with Gasteiger partial charge in [-0.3, -0.25) is 0 Å². The number of ether oxygens (including phenoxy) is 1. The Labute approximate surface area is 101 Å². The first-order chi connectivity index (χ1) is 8.18. The molecule has 92 valence electrons. The minimum absolute atomic E-state index is 0.173. The van der Waals surface area contributed by atoms with Crippen molar-refractivity contribution in [3.8, 4) is 0 Å². The Kier molecular flexibility index (Phi) is 3.64. The Bertz CT molecular complexity index is 372. The van der Waals surface area contributed by atoms with Gasteiger partial charge in [-0.05, 0) is 25.5 Å². The van der Waals surface area contributed by atoms with Crippen LogP contribution >= 0.6 is 0 Å². The van der Waals surface area contributed by atoms with Crippen LogP contribution in [0.25, 0.3) is 0 Å². The quantitative estimate of drug-likeness (QED) is 0.836. The first-order valence-electron chi connectivity index (χ1n) is 5.88. The third-order valence-corrected chi connectivity index (χ3v) is 2.99. The molecule has 2 rings (SSSR count). The van der Waals surface area contributed by atoms with Crippen LogP contribution in [0, 0.1) is 0 Å². The van der Waals surface area contributed by atoms with Gasteiger partial charge in [0, 0.05) is 6.54 Å². The lowest BCUT2D eigenvalue weighted by molar-refractivity contribution is 0.129. The van der Waals surface area contributed by atoms with E-state index in [1.807, 2.05) is 37.3 Å². The monoisotopic (exact) mass is 234 g/mol. The van der Waals surface area contributed by atoms with Gasteiger partial charge in [0.1, 0.15) is 6.61 Å². The maximum absolute atomic E-state index is 11.6. The number of rotatable bonds is 3. The Balaban J connectivity index is 1.78. The average Bonchev–Trinajstić information content (AvgIpc) is 2.74. The fourth-order valence-electron chi connectivity index (χ4n) is 1.93. The molecular formula is C13H18N2O2. The molecule has 0 spiro atoms. The van der Waals surface area contributed by atoms with E-state index in [-0.39, 0.29) is 11.6 Å². The summed E-state index contributed by atoms with van der Waals surface area (Å²) in [4.78, 5) is 11.6. The smallest absolute Gasteiger partial charge is 0.407 e. The molecule has 1 saturated heterocycles. The van der Waals surface area contributed by atoms with Crippen molar-refractivity contribution < 1.29 is 9.53 Å². The molecule has 1 aliphatic rings. The summed E-state index contributed by atoms with van der Waals surface area (Å²) in [5.41, 5.74) is 0.825. The van der Waals surface area contributed by atoms with Gasteiger partial charge in [-0.1, -0.05) is 30.3 Å². The van der Waals surface area contributed by atoms with E-state index in [1.54, 1.807) is 0 Å². The van der Waals surface area contributed by atoms with Gasteiger partial charge >= 0.3 is 6.09 Å². The molecule has 0 saturated carbocycles. The molecule has 1 aromatic rings. The lowest BCUT2D eigenvalue weighted by Gasteiger charge is -2.23. The molecule has 1 heterocycles. The van der Waals surface area contributed by atoms with Crippen LogP contribution in [0.4, 0.5) is 4.79 Å². The Morgan fingerprint density at radius 2 is 2.24 bits per heavy atom. The van der Waals surface area contributed by atoms with Gasteiger partial charge in [-0.2, -0.15) is 0 Å². The molecule has 1 aliphatic heterocycles. The zero-order valence-electron chi connectivity index (χ0n) is 10.0. The molecule has 0 radical (unpaired) electrons. The van der Waals surface area contributed by atoms with Gasteiger partial charge in [0.05, 0.1) is 5.54 Å². The number of hydrogen-bond donors (Lipinski definition) is 2. The fraction of sp³-hybridized carbons (Fsp3) is 0.462. The summed E-state index contributed by atoms with van der Waals surface area (Å²) in [6.45, 7) is 4.08. The van der Waals surface area contributed by atoms with Gasteiger partial charge in [0.15, 0.2) is 0 Å². The Morgan fingerprint density at radius 1 is 1.47 bits per heavy atom. The Hall–Kier alpha value is -1.55. The van der Waals surface area contributed by atoms with Crippen LogP contribution in [-0.2, 0) is 11.3 Å². The van der Waals surface area contributed by atoms with E-state index in [0.29, 0.717) is 6.61 Å². The van der Waals surface area contributed by atoms with E-state index in [4.69, 9.17) is 4.74 Å². The zero-order chi connectivity index (χ0) is 12.1. The maximum Gasteiger partial charge on any atom is 0.407 e. The van der Waals surface area contributed by atoms with E-state index < -0.39 is 0 Å². The Morgan fingerprint density at radius 3 is 2.88 bits per heavy atom. The summed E-state index contributed by atoms with van der Waals surface area (Å²) in [6.07, 6.45) is 0.591. The summed E-state index contributed by atoms with van der Waals surface area (Å²) in [6, 6.07) is 9.67. The van der Waals surface area contributed by atoms with Crippen LogP contribution in [0.15, 0.2) is 30.3 Å². The largest absolute Gasteiger partial charge is 0.445 e.